The van der Waals surface area contributed by atoms with Crippen LogP contribution in [0.1, 0.15) is 22.3 Å². The maximum absolute atomic E-state index is 5.31. The van der Waals surface area contributed by atoms with Crippen LogP contribution in [0.15, 0.2) is 237 Å². The summed E-state index contributed by atoms with van der Waals surface area (Å²) < 4.78 is 0. The second-order valence-electron chi connectivity index (χ2n) is 16.3. The number of fused-ring (bicyclic) bond motifs is 5. The van der Waals surface area contributed by atoms with Crippen molar-refractivity contribution < 1.29 is 0 Å². The molecule has 0 saturated carbocycles. The number of benzene rings is 9. The van der Waals surface area contributed by atoms with Gasteiger partial charge in [0.15, 0.2) is 5.82 Å². The summed E-state index contributed by atoms with van der Waals surface area (Å²) in [5.41, 5.74) is 16.4. The largest absolute Gasteiger partial charge is 0.264 e. The smallest absolute Gasteiger partial charge is 0.161 e. The molecule has 9 aromatic carbocycles. The van der Waals surface area contributed by atoms with E-state index in [4.69, 9.17) is 9.97 Å². The van der Waals surface area contributed by atoms with E-state index in [1.807, 2.05) is 18.3 Å². The molecule has 1 aliphatic rings. The molecule has 0 radical (unpaired) electrons. The van der Waals surface area contributed by atoms with E-state index in [1.54, 1.807) is 6.20 Å². The Kier molecular flexibility index (Phi) is 8.72. The first kappa shape index (κ1) is 36.6. The molecule has 2 aromatic heterocycles. The maximum Gasteiger partial charge on any atom is 0.161 e. The van der Waals surface area contributed by atoms with Gasteiger partial charge in [0.05, 0.1) is 16.8 Å². The quantitative estimate of drug-likeness (QED) is 0.161. The monoisotopic (exact) mass is 801 g/mol. The summed E-state index contributed by atoms with van der Waals surface area (Å²) in [6.45, 7) is 0. The second-order valence-corrected chi connectivity index (χ2v) is 16.3. The molecule has 1 aliphatic carbocycles. The highest BCUT2D eigenvalue weighted by atomic mass is 14.9. The fourth-order valence-corrected chi connectivity index (χ4v) is 9.93. The van der Waals surface area contributed by atoms with Crippen LogP contribution in [0.5, 0.6) is 0 Å². The zero-order valence-electron chi connectivity index (χ0n) is 34.4. The van der Waals surface area contributed by atoms with Crippen molar-refractivity contribution in [1.82, 2.24) is 15.0 Å². The van der Waals surface area contributed by atoms with Gasteiger partial charge in [-0.2, -0.15) is 0 Å². The van der Waals surface area contributed by atoms with Crippen molar-refractivity contribution in [1.29, 1.82) is 0 Å². The van der Waals surface area contributed by atoms with Gasteiger partial charge < -0.3 is 0 Å². The van der Waals surface area contributed by atoms with Crippen molar-refractivity contribution >= 4 is 21.5 Å². The first-order valence-corrected chi connectivity index (χ1v) is 21.5. The Hall–Kier alpha value is -8.27. The zero-order chi connectivity index (χ0) is 41.7. The molecule has 0 atom stereocenters. The van der Waals surface area contributed by atoms with Gasteiger partial charge in [0.25, 0.3) is 0 Å². The van der Waals surface area contributed by atoms with Gasteiger partial charge in [-0.25, -0.2) is 9.97 Å². The molecule has 3 nitrogen and oxygen atoms in total. The summed E-state index contributed by atoms with van der Waals surface area (Å²) >= 11 is 0. The topological polar surface area (TPSA) is 38.7 Å². The molecule has 0 spiro atoms. The Labute approximate surface area is 366 Å². The first-order valence-electron chi connectivity index (χ1n) is 21.5. The van der Waals surface area contributed by atoms with Gasteiger partial charge >= 0.3 is 0 Å². The fourth-order valence-electron chi connectivity index (χ4n) is 9.93. The number of aromatic nitrogens is 3. The lowest BCUT2D eigenvalue weighted by molar-refractivity contribution is 0.770. The number of nitrogens with zero attached hydrogens (tertiary/aromatic N) is 3. The Morgan fingerprint density at radius 3 is 1.49 bits per heavy atom. The minimum atomic E-state index is -0.527. The number of pyridine rings is 1. The highest BCUT2D eigenvalue weighted by Gasteiger charge is 2.46. The van der Waals surface area contributed by atoms with E-state index < -0.39 is 5.41 Å². The van der Waals surface area contributed by atoms with Crippen LogP contribution in [0.25, 0.3) is 88.8 Å². The lowest BCUT2D eigenvalue weighted by atomic mass is 9.67. The summed E-state index contributed by atoms with van der Waals surface area (Å²) in [4.78, 5) is 14.9. The molecule has 3 heteroatoms. The molecule has 0 bridgehead atoms. The molecular weight excluding hydrogens is 763 g/mol. The van der Waals surface area contributed by atoms with Gasteiger partial charge in [0, 0.05) is 29.1 Å². The van der Waals surface area contributed by atoms with Gasteiger partial charge in [0.1, 0.15) is 0 Å². The number of rotatable bonds is 7. The summed E-state index contributed by atoms with van der Waals surface area (Å²) in [5.74, 6) is 0.689. The Bertz CT molecular complexity index is 3430. The third-order valence-corrected chi connectivity index (χ3v) is 12.9. The van der Waals surface area contributed by atoms with Gasteiger partial charge in [0.2, 0.25) is 0 Å². The molecule has 0 unspecified atom stereocenters. The van der Waals surface area contributed by atoms with E-state index in [1.165, 1.54) is 55.3 Å². The van der Waals surface area contributed by atoms with Crippen LogP contribution in [-0.4, -0.2) is 15.0 Å². The summed E-state index contributed by atoms with van der Waals surface area (Å²) in [5, 5.41) is 4.74. The molecular formula is C60H39N3. The van der Waals surface area contributed by atoms with Crippen LogP contribution >= 0.6 is 0 Å². The third-order valence-electron chi connectivity index (χ3n) is 12.9. The van der Waals surface area contributed by atoms with E-state index in [0.29, 0.717) is 5.82 Å². The highest BCUT2D eigenvalue weighted by molar-refractivity contribution is 6.05. The van der Waals surface area contributed by atoms with Gasteiger partial charge in [-0.1, -0.05) is 188 Å². The summed E-state index contributed by atoms with van der Waals surface area (Å²) in [7, 11) is 0. The lowest BCUT2D eigenvalue weighted by Gasteiger charge is -2.34. The molecule has 0 saturated heterocycles. The van der Waals surface area contributed by atoms with Crippen LogP contribution in [0.3, 0.4) is 0 Å². The van der Waals surface area contributed by atoms with Crippen LogP contribution in [0, 0.1) is 0 Å². The first-order chi connectivity index (χ1) is 31.2. The maximum atomic E-state index is 5.31. The van der Waals surface area contributed by atoms with Gasteiger partial charge in [-0.15, -0.1) is 0 Å². The average Bonchev–Trinajstić information content (AvgIpc) is 3.65. The molecule has 63 heavy (non-hydrogen) atoms. The van der Waals surface area contributed by atoms with E-state index in [9.17, 15) is 0 Å². The van der Waals surface area contributed by atoms with Crippen molar-refractivity contribution in [3.8, 4) is 67.3 Å². The molecule has 0 N–H and O–H groups in total. The highest BCUT2D eigenvalue weighted by Crippen LogP contribution is 2.57. The SMILES string of the molecule is c1ccc(-c2cc(-c3ccc(-c4cccnc4)cc3)nc(-c3ccc(-c4ccc5c(c4)C(c4ccccc4)(c4ccccc4)c4cc6ccccc6cc4-5)c4ccccc34)n2)cc1. The third kappa shape index (κ3) is 6.08. The van der Waals surface area contributed by atoms with E-state index in [2.05, 4.69) is 217 Å². The fraction of sp³-hybridized carbons (Fsp3) is 0.0167. The standard InChI is InChI=1S/C60H39N3/c1-4-15-41(16-5-1)57-38-58(42-28-26-40(27-29-42)46-19-14-34-61-39-46)63-59(62-57)53-33-32-49(50-24-12-13-25-51(50)53)45-30-31-52-54-35-43-17-10-11-18-44(43)36-56(54)60(55(52)37-45,47-20-6-2-7-21-47)48-22-8-3-9-23-48/h1-39H. The Balaban J connectivity index is 1.04. The van der Waals surface area contributed by atoms with Crippen molar-refractivity contribution in [3.05, 3.63) is 259 Å². The molecule has 294 valence electrons. The van der Waals surface area contributed by atoms with Crippen LogP contribution in [0.2, 0.25) is 0 Å². The van der Waals surface area contributed by atoms with Crippen molar-refractivity contribution in [2.45, 2.75) is 5.41 Å². The molecule has 2 heterocycles. The van der Waals surface area contributed by atoms with Gasteiger partial charge in [-0.05, 0) is 114 Å². The molecule has 0 aliphatic heterocycles. The minimum absolute atomic E-state index is 0.527. The molecule has 0 amide bonds. The van der Waals surface area contributed by atoms with Crippen molar-refractivity contribution in [2.24, 2.45) is 0 Å². The van der Waals surface area contributed by atoms with Crippen molar-refractivity contribution in [3.63, 3.8) is 0 Å². The van der Waals surface area contributed by atoms with Gasteiger partial charge in [-0.3, -0.25) is 4.98 Å². The zero-order valence-corrected chi connectivity index (χ0v) is 34.4. The van der Waals surface area contributed by atoms with E-state index in [0.717, 1.165) is 50.0 Å². The predicted octanol–water partition coefficient (Wildman–Crippen LogP) is 14.9. The van der Waals surface area contributed by atoms with Crippen LogP contribution < -0.4 is 0 Å². The number of hydrogen-bond acceptors (Lipinski definition) is 3. The number of hydrogen-bond donors (Lipinski definition) is 0. The van der Waals surface area contributed by atoms with Crippen molar-refractivity contribution in [2.75, 3.05) is 0 Å². The van der Waals surface area contributed by atoms with Crippen LogP contribution in [-0.2, 0) is 5.41 Å². The lowest BCUT2D eigenvalue weighted by Crippen LogP contribution is -2.28. The second kappa shape index (κ2) is 15.0. The molecule has 11 aromatic rings. The summed E-state index contributed by atoms with van der Waals surface area (Å²) in [6.07, 6.45) is 3.70. The Morgan fingerprint density at radius 2 is 0.825 bits per heavy atom. The Morgan fingerprint density at radius 1 is 0.317 bits per heavy atom. The molecule has 0 fully saturated rings. The molecule has 12 rings (SSSR count). The minimum Gasteiger partial charge on any atom is -0.264 e. The average molecular weight is 802 g/mol. The predicted molar refractivity (Wildman–Crippen MR) is 259 cm³/mol. The van der Waals surface area contributed by atoms with E-state index in [-0.39, 0.29) is 0 Å². The summed E-state index contributed by atoms with van der Waals surface area (Å²) in [6, 6.07) is 81.1. The van der Waals surface area contributed by atoms with E-state index >= 15 is 0 Å². The van der Waals surface area contributed by atoms with Crippen LogP contribution in [0.4, 0.5) is 0 Å². The normalized spacial score (nSPS) is 12.6.